The van der Waals surface area contributed by atoms with Gasteiger partial charge in [0.25, 0.3) is 10.0 Å². The zero-order chi connectivity index (χ0) is 34.1. The van der Waals surface area contributed by atoms with Crippen LogP contribution in [-0.4, -0.2) is 51.4 Å². The SMILES string of the molecule is COc1cccc(CN(C(=O)CN(c2cc(Cl)ccc2Cl)S(=O)(=O)c2ccc(C)cc2)C(Cc2ccccc2)C(=O)NCC(C)C)c1. The van der Waals surface area contributed by atoms with Crippen molar-refractivity contribution in [1.82, 2.24) is 10.2 Å². The van der Waals surface area contributed by atoms with E-state index in [9.17, 15) is 18.0 Å². The third-order valence-electron chi connectivity index (χ3n) is 7.51. The van der Waals surface area contributed by atoms with Gasteiger partial charge in [0.2, 0.25) is 11.8 Å². The molecule has 0 aliphatic carbocycles. The van der Waals surface area contributed by atoms with Crippen molar-refractivity contribution < 1.29 is 22.7 Å². The van der Waals surface area contributed by atoms with Crippen LogP contribution in [0, 0.1) is 12.8 Å². The standard InChI is InChI=1S/C36H39Cl2N3O5S/c1-25(2)22-39-36(43)34(20-27-9-6-5-7-10-27)40(23-28-11-8-12-30(19-28)46-4)35(42)24-41(33-21-29(37)15-18-32(33)38)47(44,45)31-16-13-26(3)14-17-31/h5-19,21,25,34H,20,22-24H2,1-4H3,(H,39,43). The zero-order valence-electron chi connectivity index (χ0n) is 26.8. The zero-order valence-corrected chi connectivity index (χ0v) is 29.1. The number of sulfonamides is 1. The molecule has 1 unspecified atom stereocenters. The molecule has 0 aliphatic rings. The number of amides is 2. The van der Waals surface area contributed by atoms with Crippen LogP contribution < -0.4 is 14.4 Å². The summed E-state index contributed by atoms with van der Waals surface area (Å²) in [5.41, 5.74) is 2.44. The van der Waals surface area contributed by atoms with Crippen LogP contribution in [0.3, 0.4) is 0 Å². The Bertz CT molecular complexity index is 1780. The second-order valence-electron chi connectivity index (χ2n) is 11.6. The average Bonchev–Trinajstić information content (AvgIpc) is 3.05. The monoisotopic (exact) mass is 695 g/mol. The number of hydrogen-bond donors (Lipinski definition) is 1. The summed E-state index contributed by atoms with van der Waals surface area (Å²) in [6, 6.07) is 26.3. The summed E-state index contributed by atoms with van der Waals surface area (Å²) in [5, 5.41) is 3.31. The van der Waals surface area contributed by atoms with E-state index >= 15 is 0 Å². The molecular formula is C36H39Cl2N3O5S. The van der Waals surface area contributed by atoms with Crippen molar-refractivity contribution in [3.63, 3.8) is 0 Å². The fourth-order valence-electron chi connectivity index (χ4n) is 4.97. The molecule has 248 valence electrons. The fourth-order valence-corrected chi connectivity index (χ4v) is 6.83. The Morgan fingerprint density at radius 3 is 2.21 bits per heavy atom. The second kappa shape index (κ2) is 16.2. The molecule has 1 atom stereocenters. The van der Waals surface area contributed by atoms with Crippen LogP contribution in [0.2, 0.25) is 10.0 Å². The lowest BCUT2D eigenvalue weighted by Crippen LogP contribution is -2.53. The number of benzene rings is 4. The highest BCUT2D eigenvalue weighted by Gasteiger charge is 2.35. The fraction of sp³-hybridized carbons (Fsp3) is 0.278. The minimum absolute atomic E-state index is 0.00430. The Kier molecular flexibility index (Phi) is 12.3. The molecule has 4 rings (SSSR count). The van der Waals surface area contributed by atoms with Gasteiger partial charge in [-0.15, -0.1) is 0 Å². The highest BCUT2D eigenvalue weighted by Crippen LogP contribution is 2.33. The molecular weight excluding hydrogens is 657 g/mol. The van der Waals surface area contributed by atoms with Gasteiger partial charge in [0.15, 0.2) is 0 Å². The largest absolute Gasteiger partial charge is 0.497 e. The molecule has 0 saturated heterocycles. The van der Waals surface area contributed by atoms with Crippen LogP contribution in [0.5, 0.6) is 5.75 Å². The van der Waals surface area contributed by atoms with Gasteiger partial charge in [-0.1, -0.05) is 97.2 Å². The predicted octanol–water partition coefficient (Wildman–Crippen LogP) is 6.92. The molecule has 0 aromatic heterocycles. The summed E-state index contributed by atoms with van der Waals surface area (Å²) in [7, 11) is -2.78. The molecule has 0 saturated carbocycles. The first kappa shape index (κ1) is 35.8. The van der Waals surface area contributed by atoms with Gasteiger partial charge in [0, 0.05) is 24.5 Å². The summed E-state index contributed by atoms with van der Waals surface area (Å²) in [6.45, 7) is 5.56. The average molecular weight is 697 g/mol. The van der Waals surface area contributed by atoms with Gasteiger partial charge in [-0.3, -0.25) is 13.9 Å². The highest BCUT2D eigenvalue weighted by molar-refractivity contribution is 7.92. The van der Waals surface area contributed by atoms with E-state index in [-0.39, 0.29) is 45.4 Å². The van der Waals surface area contributed by atoms with Crippen molar-refractivity contribution in [1.29, 1.82) is 0 Å². The molecule has 47 heavy (non-hydrogen) atoms. The third-order valence-corrected chi connectivity index (χ3v) is 9.84. The molecule has 0 aliphatic heterocycles. The van der Waals surface area contributed by atoms with E-state index in [1.54, 1.807) is 37.4 Å². The number of anilines is 1. The summed E-state index contributed by atoms with van der Waals surface area (Å²) < 4.78 is 34.8. The Hall–Kier alpha value is -4.05. The summed E-state index contributed by atoms with van der Waals surface area (Å²) in [5.74, 6) is -0.222. The molecule has 11 heteroatoms. The maximum Gasteiger partial charge on any atom is 0.264 e. The van der Waals surface area contributed by atoms with Crippen molar-refractivity contribution in [2.24, 2.45) is 5.92 Å². The molecule has 0 fully saturated rings. The van der Waals surface area contributed by atoms with Crippen molar-refractivity contribution in [2.45, 2.75) is 44.7 Å². The lowest BCUT2D eigenvalue weighted by molar-refractivity contribution is -0.140. The number of carbonyl (C=O) groups is 2. The van der Waals surface area contributed by atoms with Crippen LogP contribution in [-0.2, 0) is 32.6 Å². The minimum Gasteiger partial charge on any atom is -0.497 e. The van der Waals surface area contributed by atoms with Crippen molar-refractivity contribution in [3.05, 3.63) is 124 Å². The quantitative estimate of drug-likeness (QED) is 0.155. The van der Waals surface area contributed by atoms with E-state index in [1.807, 2.05) is 57.2 Å². The van der Waals surface area contributed by atoms with Gasteiger partial charge in [-0.25, -0.2) is 8.42 Å². The smallest absolute Gasteiger partial charge is 0.264 e. The number of methoxy groups -OCH3 is 1. The molecule has 4 aromatic carbocycles. The molecule has 0 radical (unpaired) electrons. The van der Waals surface area contributed by atoms with E-state index in [4.69, 9.17) is 27.9 Å². The minimum atomic E-state index is -4.33. The van der Waals surface area contributed by atoms with Crippen molar-refractivity contribution in [2.75, 3.05) is 24.5 Å². The topological polar surface area (TPSA) is 96.0 Å². The van der Waals surface area contributed by atoms with E-state index in [0.717, 1.165) is 15.4 Å². The van der Waals surface area contributed by atoms with Crippen molar-refractivity contribution >= 4 is 50.7 Å². The molecule has 2 amide bonds. The number of nitrogens with one attached hydrogen (secondary N) is 1. The van der Waals surface area contributed by atoms with Gasteiger partial charge in [0.05, 0.1) is 22.7 Å². The number of halogens is 2. The second-order valence-corrected chi connectivity index (χ2v) is 14.3. The first-order chi connectivity index (χ1) is 22.4. The van der Waals surface area contributed by atoms with Gasteiger partial charge < -0.3 is 15.0 Å². The van der Waals surface area contributed by atoms with Crippen molar-refractivity contribution in [3.8, 4) is 5.75 Å². The molecule has 0 heterocycles. The Labute approximate surface area is 287 Å². The van der Waals surface area contributed by atoms with Crippen LogP contribution >= 0.6 is 23.2 Å². The number of nitrogens with zero attached hydrogens (tertiary/aromatic N) is 2. The Morgan fingerprint density at radius 1 is 0.872 bits per heavy atom. The molecule has 0 bridgehead atoms. The third kappa shape index (κ3) is 9.50. The lowest BCUT2D eigenvalue weighted by atomic mass is 10.0. The number of aryl methyl sites for hydroxylation is 1. The first-order valence-corrected chi connectivity index (χ1v) is 17.4. The maximum atomic E-state index is 14.6. The first-order valence-electron chi connectivity index (χ1n) is 15.2. The number of rotatable bonds is 14. The normalized spacial score (nSPS) is 12.0. The van der Waals surface area contributed by atoms with Crippen LogP contribution in [0.25, 0.3) is 0 Å². The highest BCUT2D eigenvalue weighted by atomic mass is 35.5. The number of hydrogen-bond acceptors (Lipinski definition) is 5. The Morgan fingerprint density at radius 2 is 1.55 bits per heavy atom. The van der Waals surface area contributed by atoms with E-state index < -0.39 is 28.5 Å². The number of carbonyl (C=O) groups excluding carboxylic acids is 2. The summed E-state index contributed by atoms with van der Waals surface area (Å²) in [4.78, 5) is 29.9. The molecule has 1 N–H and O–H groups in total. The van der Waals surface area contributed by atoms with Gasteiger partial charge in [-0.2, -0.15) is 0 Å². The number of ether oxygens (including phenoxy) is 1. The van der Waals surface area contributed by atoms with Crippen LogP contribution in [0.1, 0.15) is 30.5 Å². The lowest BCUT2D eigenvalue weighted by Gasteiger charge is -2.34. The molecule has 8 nitrogen and oxygen atoms in total. The van der Waals surface area contributed by atoms with E-state index in [1.165, 1.54) is 35.2 Å². The van der Waals surface area contributed by atoms with E-state index in [2.05, 4.69) is 5.32 Å². The van der Waals surface area contributed by atoms with Crippen LogP contribution in [0.15, 0.2) is 102 Å². The van der Waals surface area contributed by atoms with Gasteiger partial charge >= 0.3 is 0 Å². The molecule has 4 aromatic rings. The van der Waals surface area contributed by atoms with Gasteiger partial charge in [0.1, 0.15) is 18.3 Å². The maximum absolute atomic E-state index is 14.6. The van der Waals surface area contributed by atoms with Crippen LogP contribution in [0.4, 0.5) is 5.69 Å². The summed E-state index contributed by atoms with van der Waals surface area (Å²) in [6.07, 6.45) is 0.198. The van der Waals surface area contributed by atoms with Gasteiger partial charge in [-0.05, 0) is 66.4 Å². The molecule has 0 spiro atoms. The Balaban J connectivity index is 1.84. The predicted molar refractivity (Wildman–Crippen MR) is 187 cm³/mol. The summed E-state index contributed by atoms with van der Waals surface area (Å²) >= 11 is 12.9. The van der Waals surface area contributed by atoms with E-state index in [0.29, 0.717) is 17.9 Å².